The summed E-state index contributed by atoms with van der Waals surface area (Å²) in [6.07, 6.45) is 0.839. The van der Waals surface area contributed by atoms with Crippen LogP contribution in [-0.4, -0.2) is 41.6 Å². The Morgan fingerprint density at radius 3 is 2.37 bits per heavy atom. The van der Waals surface area contributed by atoms with Crippen molar-refractivity contribution < 1.29 is 9.90 Å². The van der Waals surface area contributed by atoms with E-state index in [0.29, 0.717) is 6.54 Å². The van der Waals surface area contributed by atoms with Crippen molar-refractivity contribution >= 4 is 5.91 Å². The predicted molar refractivity (Wildman–Crippen MR) is 77.2 cm³/mol. The van der Waals surface area contributed by atoms with Gasteiger partial charge in [-0.1, -0.05) is 12.1 Å². The van der Waals surface area contributed by atoms with E-state index in [9.17, 15) is 9.90 Å². The van der Waals surface area contributed by atoms with Crippen LogP contribution in [0, 0.1) is 0 Å². The van der Waals surface area contributed by atoms with Gasteiger partial charge in [-0.15, -0.1) is 0 Å². The minimum absolute atomic E-state index is 0.141. The predicted octanol–water partition coefficient (Wildman–Crippen LogP) is 1.78. The van der Waals surface area contributed by atoms with Crippen LogP contribution in [0.25, 0.3) is 0 Å². The second-order valence-electron chi connectivity index (χ2n) is 4.72. The lowest BCUT2D eigenvalue weighted by atomic mass is 10.1. The van der Waals surface area contributed by atoms with Crippen LogP contribution in [-0.2, 0) is 11.2 Å². The molecule has 0 fully saturated rings. The van der Waals surface area contributed by atoms with E-state index in [1.54, 1.807) is 12.1 Å². The van der Waals surface area contributed by atoms with E-state index < -0.39 is 0 Å². The van der Waals surface area contributed by atoms with Gasteiger partial charge in [-0.2, -0.15) is 0 Å². The van der Waals surface area contributed by atoms with Crippen LogP contribution in [0.2, 0.25) is 0 Å². The molecule has 1 unspecified atom stereocenters. The van der Waals surface area contributed by atoms with Crippen molar-refractivity contribution in [1.82, 2.24) is 10.2 Å². The number of likely N-dealkylation sites (N-methyl/N-ethyl adjacent to an activating group) is 1. The lowest BCUT2D eigenvalue weighted by Crippen LogP contribution is -2.41. The summed E-state index contributed by atoms with van der Waals surface area (Å²) in [6, 6.07) is 7.40. The summed E-state index contributed by atoms with van der Waals surface area (Å²) < 4.78 is 0. The Kier molecular flexibility index (Phi) is 6.36. The summed E-state index contributed by atoms with van der Waals surface area (Å²) in [7, 11) is 0. The summed E-state index contributed by atoms with van der Waals surface area (Å²) in [5.41, 5.74) is 1.15. The van der Waals surface area contributed by atoms with Crippen LogP contribution < -0.4 is 5.32 Å². The van der Waals surface area contributed by atoms with Gasteiger partial charge < -0.3 is 15.3 Å². The zero-order valence-electron chi connectivity index (χ0n) is 12.0. The third-order valence-electron chi connectivity index (χ3n) is 3.20. The monoisotopic (exact) mass is 264 g/mol. The molecule has 0 radical (unpaired) electrons. The number of phenolic OH excluding ortho intramolecular Hbond substituents is 1. The Morgan fingerprint density at radius 2 is 1.84 bits per heavy atom. The van der Waals surface area contributed by atoms with Gasteiger partial charge in [-0.3, -0.25) is 4.79 Å². The maximum Gasteiger partial charge on any atom is 0.236 e. The normalized spacial score (nSPS) is 12.2. The lowest BCUT2D eigenvalue weighted by Gasteiger charge is -2.20. The zero-order chi connectivity index (χ0) is 14.3. The van der Waals surface area contributed by atoms with E-state index in [2.05, 4.69) is 12.2 Å². The molecule has 2 N–H and O–H groups in total. The SMILES string of the molecule is CCN(CC)C(=O)CNC(C)Cc1ccc(O)cc1. The summed E-state index contributed by atoms with van der Waals surface area (Å²) in [5, 5.41) is 12.5. The molecule has 1 amide bonds. The van der Waals surface area contributed by atoms with Gasteiger partial charge in [0, 0.05) is 19.1 Å². The fourth-order valence-corrected chi connectivity index (χ4v) is 2.01. The quantitative estimate of drug-likeness (QED) is 0.789. The molecule has 1 rings (SSSR count). The van der Waals surface area contributed by atoms with Gasteiger partial charge in [-0.25, -0.2) is 0 Å². The second-order valence-corrected chi connectivity index (χ2v) is 4.72. The van der Waals surface area contributed by atoms with E-state index in [1.165, 1.54) is 0 Å². The third-order valence-corrected chi connectivity index (χ3v) is 3.20. The number of carbonyl (C=O) groups is 1. The molecule has 0 spiro atoms. The third kappa shape index (κ3) is 5.30. The molecular weight excluding hydrogens is 240 g/mol. The number of nitrogens with zero attached hydrogens (tertiary/aromatic N) is 1. The number of rotatable bonds is 7. The van der Waals surface area contributed by atoms with Crippen LogP contribution in [0.3, 0.4) is 0 Å². The number of hydrogen-bond acceptors (Lipinski definition) is 3. The van der Waals surface area contributed by atoms with E-state index in [4.69, 9.17) is 0 Å². The highest BCUT2D eigenvalue weighted by atomic mass is 16.3. The van der Waals surface area contributed by atoms with E-state index in [-0.39, 0.29) is 17.7 Å². The molecule has 0 bridgehead atoms. The van der Waals surface area contributed by atoms with E-state index in [0.717, 1.165) is 25.1 Å². The van der Waals surface area contributed by atoms with Crippen molar-refractivity contribution in [2.45, 2.75) is 33.2 Å². The second kappa shape index (κ2) is 7.79. The van der Waals surface area contributed by atoms with Gasteiger partial charge >= 0.3 is 0 Å². The molecule has 0 aromatic heterocycles. The number of benzene rings is 1. The molecule has 106 valence electrons. The van der Waals surface area contributed by atoms with Gasteiger partial charge in [0.05, 0.1) is 6.54 Å². The molecule has 0 saturated carbocycles. The summed E-state index contributed by atoms with van der Waals surface area (Å²) in [4.78, 5) is 13.7. The van der Waals surface area contributed by atoms with Crippen molar-refractivity contribution in [2.75, 3.05) is 19.6 Å². The standard InChI is InChI=1S/C15H24N2O2/c1-4-17(5-2)15(19)11-16-12(3)10-13-6-8-14(18)9-7-13/h6-9,12,16,18H,4-5,10-11H2,1-3H3. The summed E-state index contributed by atoms with van der Waals surface area (Å²) in [6.45, 7) is 7.92. The molecule has 4 nitrogen and oxygen atoms in total. The number of hydrogen-bond donors (Lipinski definition) is 2. The van der Waals surface area contributed by atoms with E-state index in [1.807, 2.05) is 30.9 Å². The molecule has 1 aromatic carbocycles. The number of carbonyl (C=O) groups excluding carboxylic acids is 1. The summed E-state index contributed by atoms with van der Waals surface area (Å²) >= 11 is 0. The topological polar surface area (TPSA) is 52.6 Å². The molecule has 4 heteroatoms. The first kappa shape index (κ1) is 15.5. The smallest absolute Gasteiger partial charge is 0.236 e. The fraction of sp³-hybridized carbons (Fsp3) is 0.533. The molecule has 0 aliphatic heterocycles. The minimum Gasteiger partial charge on any atom is -0.508 e. The first-order valence-corrected chi connectivity index (χ1v) is 6.85. The first-order valence-electron chi connectivity index (χ1n) is 6.85. The van der Waals surface area contributed by atoms with Crippen molar-refractivity contribution in [3.63, 3.8) is 0 Å². The van der Waals surface area contributed by atoms with Crippen LogP contribution in [0.15, 0.2) is 24.3 Å². The Morgan fingerprint density at radius 1 is 1.26 bits per heavy atom. The maximum absolute atomic E-state index is 11.8. The number of amides is 1. The Hall–Kier alpha value is -1.55. The Bertz CT molecular complexity index is 386. The Labute approximate surface area is 115 Å². The molecule has 0 saturated heterocycles. The number of phenols is 1. The Balaban J connectivity index is 2.37. The van der Waals surface area contributed by atoms with Gasteiger partial charge in [0.25, 0.3) is 0 Å². The van der Waals surface area contributed by atoms with Crippen LogP contribution in [0.4, 0.5) is 0 Å². The molecule has 1 aromatic rings. The van der Waals surface area contributed by atoms with Crippen LogP contribution in [0.5, 0.6) is 5.75 Å². The van der Waals surface area contributed by atoms with Gasteiger partial charge in [0.1, 0.15) is 5.75 Å². The van der Waals surface area contributed by atoms with Crippen molar-refractivity contribution in [3.05, 3.63) is 29.8 Å². The highest BCUT2D eigenvalue weighted by Crippen LogP contribution is 2.11. The van der Waals surface area contributed by atoms with Gasteiger partial charge in [0.15, 0.2) is 0 Å². The highest BCUT2D eigenvalue weighted by molar-refractivity contribution is 5.78. The molecule has 0 aliphatic rings. The van der Waals surface area contributed by atoms with Crippen LogP contribution >= 0.6 is 0 Å². The zero-order valence-corrected chi connectivity index (χ0v) is 12.0. The van der Waals surface area contributed by atoms with Crippen molar-refractivity contribution in [1.29, 1.82) is 0 Å². The van der Waals surface area contributed by atoms with Gasteiger partial charge in [0.2, 0.25) is 5.91 Å². The number of aromatic hydroxyl groups is 1. The lowest BCUT2D eigenvalue weighted by molar-refractivity contribution is -0.129. The minimum atomic E-state index is 0.141. The molecule has 1 atom stereocenters. The van der Waals surface area contributed by atoms with Crippen LogP contribution in [0.1, 0.15) is 26.3 Å². The fourth-order valence-electron chi connectivity index (χ4n) is 2.01. The average Bonchev–Trinajstić information content (AvgIpc) is 2.40. The molecule has 0 heterocycles. The van der Waals surface area contributed by atoms with Crippen molar-refractivity contribution in [3.8, 4) is 5.75 Å². The maximum atomic E-state index is 11.8. The molecule has 19 heavy (non-hydrogen) atoms. The van der Waals surface area contributed by atoms with Crippen molar-refractivity contribution in [2.24, 2.45) is 0 Å². The van der Waals surface area contributed by atoms with Gasteiger partial charge in [-0.05, 0) is 44.9 Å². The van der Waals surface area contributed by atoms with E-state index >= 15 is 0 Å². The highest BCUT2D eigenvalue weighted by Gasteiger charge is 2.11. The average molecular weight is 264 g/mol. The largest absolute Gasteiger partial charge is 0.508 e. The molecule has 0 aliphatic carbocycles. The first-order chi connectivity index (χ1) is 9.06. The summed E-state index contributed by atoms with van der Waals surface area (Å²) in [5.74, 6) is 0.420. The number of nitrogens with one attached hydrogen (secondary N) is 1. The molecular formula is C15H24N2O2.